The summed E-state index contributed by atoms with van der Waals surface area (Å²) in [6, 6.07) is 43.1. The van der Waals surface area contributed by atoms with Gasteiger partial charge in [-0.3, -0.25) is 0 Å². The van der Waals surface area contributed by atoms with Gasteiger partial charge in [-0.15, -0.1) is 0 Å². The van der Waals surface area contributed by atoms with Gasteiger partial charge in [-0.2, -0.15) is 0 Å². The Morgan fingerprint density at radius 2 is 0.953 bits per heavy atom. The van der Waals surface area contributed by atoms with Crippen LogP contribution in [0.4, 0.5) is 17.1 Å². The number of anilines is 3. The largest absolute Gasteiger partial charge is 0.310 e. The zero-order valence-corrected chi connectivity index (χ0v) is 24.7. The topological polar surface area (TPSA) is 3.24 Å². The molecule has 0 aromatic heterocycles. The number of hydrogen-bond donors (Lipinski definition) is 0. The van der Waals surface area contributed by atoms with E-state index in [1.54, 1.807) is 0 Å². The van der Waals surface area contributed by atoms with Crippen LogP contribution < -0.4 is 4.90 Å². The van der Waals surface area contributed by atoms with Crippen LogP contribution in [0.1, 0.15) is 59.1 Å². The summed E-state index contributed by atoms with van der Waals surface area (Å²) in [5.74, 6) is 0. The van der Waals surface area contributed by atoms with Crippen molar-refractivity contribution in [2.45, 2.75) is 51.4 Å². The summed E-state index contributed by atoms with van der Waals surface area (Å²) < 4.78 is 0. The Morgan fingerprint density at radius 3 is 1.60 bits per heavy atom. The van der Waals surface area contributed by atoms with E-state index in [-0.39, 0.29) is 0 Å². The highest BCUT2D eigenvalue weighted by molar-refractivity contribution is 5.99. The van der Waals surface area contributed by atoms with Crippen LogP contribution >= 0.6 is 0 Å². The Bertz CT molecular complexity index is 1920. The fourth-order valence-electron chi connectivity index (χ4n) is 7.34. The summed E-state index contributed by atoms with van der Waals surface area (Å²) in [5, 5.41) is 5.14. The minimum absolute atomic E-state index is 1.17. The average molecular weight is 556 g/mol. The molecule has 2 aliphatic rings. The Hall–Kier alpha value is -4.62. The van der Waals surface area contributed by atoms with Crippen LogP contribution in [-0.2, 0) is 25.7 Å². The molecule has 0 N–H and O–H groups in total. The maximum absolute atomic E-state index is 2.56. The molecule has 8 rings (SSSR count). The molecule has 0 radical (unpaired) electrons. The van der Waals surface area contributed by atoms with E-state index in [4.69, 9.17) is 0 Å². The first-order valence-corrected chi connectivity index (χ1v) is 16.0. The van der Waals surface area contributed by atoms with E-state index in [2.05, 4.69) is 132 Å². The van der Waals surface area contributed by atoms with Gasteiger partial charge in [0, 0.05) is 17.1 Å². The molecular weight excluding hydrogens is 518 g/mol. The fraction of sp³-hybridized carbons (Fsp3) is 0.190. The van der Waals surface area contributed by atoms with Crippen molar-refractivity contribution < 1.29 is 0 Å². The number of rotatable bonds is 5. The highest BCUT2D eigenvalue weighted by Gasteiger charge is 2.23. The van der Waals surface area contributed by atoms with E-state index in [1.165, 1.54) is 123 Å². The number of fused-ring (bicyclic) bond motifs is 4. The van der Waals surface area contributed by atoms with Gasteiger partial charge in [-0.1, -0.05) is 84.9 Å². The molecule has 6 aromatic carbocycles. The van der Waals surface area contributed by atoms with Crippen molar-refractivity contribution in [3.05, 3.63) is 149 Å². The van der Waals surface area contributed by atoms with E-state index >= 15 is 0 Å². The second kappa shape index (κ2) is 11.2. The van der Waals surface area contributed by atoms with Crippen LogP contribution in [0.2, 0.25) is 0 Å². The van der Waals surface area contributed by atoms with Crippen LogP contribution in [0, 0.1) is 0 Å². The van der Waals surface area contributed by atoms with Gasteiger partial charge in [0.05, 0.1) is 0 Å². The summed E-state index contributed by atoms with van der Waals surface area (Å²) in [4.78, 5) is 2.56. The van der Waals surface area contributed by atoms with Crippen LogP contribution in [0.25, 0.3) is 33.7 Å². The van der Waals surface area contributed by atoms with Gasteiger partial charge in [-0.25, -0.2) is 0 Å². The first-order valence-electron chi connectivity index (χ1n) is 16.0. The van der Waals surface area contributed by atoms with Gasteiger partial charge in [0.1, 0.15) is 0 Å². The molecule has 1 nitrogen and oxygen atoms in total. The molecular formula is C42H37N. The van der Waals surface area contributed by atoms with Gasteiger partial charge in [0.2, 0.25) is 0 Å². The minimum atomic E-state index is 1.17. The SMILES string of the molecule is C(=Cc1ccc2cc3ccccc3cc2c1)c1ccc(N(c2cccc3c2CCCC3)c2cccc3c2CCCC3)cc1. The summed E-state index contributed by atoms with van der Waals surface area (Å²) >= 11 is 0. The van der Waals surface area contributed by atoms with Crippen molar-refractivity contribution in [1.82, 2.24) is 0 Å². The lowest BCUT2D eigenvalue weighted by Gasteiger charge is -2.33. The lowest BCUT2D eigenvalue weighted by atomic mass is 9.88. The van der Waals surface area contributed by atoms with E-state index in [1.807, 2.05) is 0 Å². The summed E-state index contributed by atoms with van der Waals surface area (Å²) in [6.45, 7) is 0. The second-order valence-electron chi connectivity index (χ2n) is 12.3. The fourth-order valence-corrected chi connectivity index (χ4v) is 7.34. The van der Waals surface area contributed by atoms with Crippen LogP contribution in [0.15, 0.2) is 115 Å². The summed E-state index contributed by atoms with van der Waals surface area (Å²) in [6.07, 6.45) is 14.3. The maximum atomic E-state index is 2.56. The highest BCUT2D eigenvalue weighted by atomic mass is 15.1. The van der Waals surface area contributed by atoms with Crippen LogP contribution in [0.3, 0.4) is 0 Å². The molecule has 0 saturated heterocycles. The Balaban J connectivity index is 1.15. The summed E-state index contributed by atoms with van der Waals surface area (Å²) in [7, 11) is 0. The molecule has 0 unspecified atom stereocenters. The highest BCUT2D eigenvalue weighted by Crippen LogP contribution is 2.43. The maximum Gasteiger partial charge on any atom is 0.0496 e. The molecule has 0 spiro atoms. The first-order chi connectivity index (χ1) is 21.3. The summed E-state index contributed by atoms with van der Waals surface area (Å²) in [5.41, 5.74) is 12.5. The van der Waals surface area contributed by atoms with Crippen LogP contribution in [-0.4, -0.2) is 0 Å². The number of aryl methyl sites for hydroxylation is 2. The van der Waals surface area contributed by atoms with Gasteiger partial charge in [-0.05, 0) is 149 Å². The molecule has 1 heteroatoms. The van der Waals surface area contributed by atoms with E-state index in [9.17, 15) is 0 Å². The molecule has 43 heavy (non-hydrogen) atoms. The standard InChI is InChI=1S/C42H37N/c1-2-12-35-29-37-27-31(21-24-36(37)28-34(35)11-1)20-19-30-22-25-38(26-23-30)43(41-17-7-13-32-9-3-5-15-39(32)41)42-18-8-14-33-10-4-6-16-40(33)42/h1-2,7-8,11-14,17-29H,3-6,9-10,15-16H2. The molecule has 0 aliphatic heterocycles. The van der Waals surface area contributed by atoms with E-state index < -0.39 is 0 Å². The van der Waals surface area contributed by atoms with E-state index in [0.717, 1.165) is 0 Å². The first kappa shape index (κ1) is 26.0. The predicted molar refractivity (Wildman–Crippen MR) is 185 cm³/mol. The lowest BCUT2D eigenvalue weighted by molar-refractivity contribution is 0.682. The molecule has 0 heterocycles. The van der Waals surface area contributed by atoms with E-state index in [0.29, 0.717) is 0 Å². The molecule has 0 atom stereocenters. The lowest BCUT2D eigenvalue weighted by Crippen LogP contribution is -2.18. The molecule has 0 fully saturated rings. The molecule has 0 bridgehead atoms. The minimum Gasteiger partial charge on any atom is -0.310 e. The van der Waals surface area contributed by atoms with Crippen LogP contribution in [0.5, 0.6) is 0 Å². The molecule has 0 saturated carbocycles. The molecule has 210 valence electrons. The van der Waals surface area contributed by atoms with Crippen molar-refractivity contribution in [3.63, 3.8) is 0 Å². The number of hydrogen-bond acceptors (Lipinski definition) is 1. The van der Waals surface area contributed by atoms with Gasteiger partial charge in [0.15, 0.2) is 0 Å². The van der Waals surface area contributed by atoms with Crippen molar-refractivity contribution in [1.29, 1.82) is 0 Å². The normalized spacial score (nSPS) is 14.6. The van der Waals surface area contributed by atoms with Crippen molar-refractivity contribution in [2.75, 3.05) is 4.90 Å². The third-order valence-electron chi connectivity index (χ3n) is 9.57. The predicted octanol–water partition coefficient (Wildman–Crippen LogP) is 11.4. The monoisotopic (exact) mass is 555 g/mol. The van der Waals surface area contributed by atoms with Crippen molar-refractivity contribution in [2.24, 2.45) is 0 Å². The molecule has 0 amide bonds. The van der Waals surface area contributed by atoms with Gasteiger partial charge >= 0.3 is 0 Å². The van der Waals surface area contributed by atoms with Crippen molar-refractivity contribution in [3.8, 4) is 0 Å². The third-order valence-corrected chi connectivity index (χ3v) is 9.57. The zero-order chi connectivity index (χ0) is 28.6. The zero-order valence-electron chi connectivity index (χ0n) is 24.7. The quantitative estimate of drug-likeness (QED) is 0.151. The number of benzene rings is 6. The molecule has 6 aromatic rings. The smallest absolute Gasteiger partial charge is 0.0496 e. The molecule has 2 aliphatic carbocycles. The van der Waals surface area contributed by atoms with Gasteiger partial charge < -0.3 is 4.90 Å². The number of nitrogens with zero attached hydrogens (tertiary/aromatic N) is 1. The third kappa shape index (κ3) is 5.04. The Labute approximate surface area is 255 Å². The van der Waals surface area contributed by atoms with Crippen molar-refractivity contribution >= 4 is 50.8 Å². The van der Waals surface area contributed by atoms with Gasteiger partial charge in [0.25, 0.3) is 0 Å². The average Bonchev–Trinajstić information content (AvgIpc) is 3.07. The Kier molecular flexibility index (Phi) is 6.80. The Morgan fingerprint density at radius 1 is 0.419 bits per heavy atom. The second-order valence-corrected chi connectivity index (χ2v) is 12.3.